The van der Waals surface area contributed by atoms with Gasteiger partial charge in [-0.25, -0.2) is 9.59 Å². The number of aromatic nitrogens is 1. The van der Waals surface area contributed by atoms with E-state index in [9.17, 15) is 22.8 Å². The van der Waals surface area contributed by atoms with Gasteiger partial charge in [-0.2, -0.15) is 13.2 Å². The number of carboxylic acid groups (broad SMARTS) is 2. The summed E-state index contributed by atoms with van der Waals surface area (Å²) in [5.41, 5.74) is -3.55. The van der Waals surface area contributed by atoms with Crippen LogP contribution in [0.5, 0.6) is 0 Å². The van der Waals surface area contributed by atoms with Gasteiger partial charge in [0.15, 0.2) is 5.69 Å². The SMILES string of the molecule is CC(C)Cc1c(C(=O)O)cnc(C(F)(F)F)c1C(=O)O. The van der Waals surface area contributed by atoms with Crippen molar-refractivity contribution in [2.75, 3.05) is 0 Å². The number of halogens is 3. The van der Waals surface area contributed by atoms with Crippen LogP contribution in [0.4, 0.5) is 13.2 Å². The second kappa shape index (κ2) is 5.48. The number of nitrogens with zero attached hydrogens (tertiary/aromatic N) is 1. The van der Waals surface area contributed by atoms with Gasteiger partial charge in [0.25, 0.3) is 0 Å². The van der Waals surface area contributed by atoms with Gasteiger partial charge in [-0.3, -0.25) is 4.98 Å². The van der Waals surface area contributed by atoms with Crippen molar-refractivity contribution >= 4 is 11.9 Å². The van der Waals surface area contributed by atoms with Crippen LogP contribution in [0.1, 0.15) is 45.8 Å². The molecule has 0 aromatic carbocycles. The maximum atomic E-state index is 12.8. The molecular formula is C12H12F3NO4. The van der Waals surface area contributed by atoms with Gasteiger partial charge in [-0.15, -0.1) is 0 Å². The Bertz CT molecular complexity index is 552. The van der Waals surface area contributed by atoms with Crippen molar-refractivity contribution in [3.8, 4) is 0 Å². The van der Waals surface area contributed by atoms with Crippen LogP contribution in [0.2, 0.25) is 0 Å². The summed E-state index contributed by atoms with van der Waals surface area (Å²) in [5, 5.41) is 18.0. The van der Waals surface area contributed by atoms with Crippen LogP contribution < -0.4 is 0 Å². The van der Waals surface area contributed by atoms with E-state index in [4.69, 9.17) is 10.2 Å². The highest BCUT2D eigenvalue weighted by Crippen LogP contribution is 2.33. The Morgan fingerprint density at radius 3 is 2.15 bits per heavy atom. The molecule has 2 N–H and O–H groups in total. The lowest BCUT2D eigenvalue weighted by molar-refractivity contribution is -0.141. The second-order valence-electron chi connectivity index (χ2n) is 4.58. The normalized spacial score (nSPS) is 11.7. The molecule has 0 radical (unpaired) electrons. The van der Waals surface area contributed by atoms with Gasteiger partial charge in [0.05, 0.1) is 11.1 Å². The van der Waals surface area contributed by atoms with Crippen LogP contribution in [0.15, 0.2) is 6.20 Å². The van der Waals surface area contributed by atoms with Crippen molar-refractivity contribution in [1.29, 1.82) is 0 Å². The zero-order valence-electron chi connectivity index (χ0n) is 10.7. The molecule has 0 aliphatic heterocycles. The summed E-state index contributed by atoms with van der Waals surface area (Å²) in [6, 6.07) is 0. The Labute approximate surface area is 112 Å². The minimum Gasteiger partial charge on any atom is -0.478 e. The first-order chi connectivity index (χ1) is 9.05. The van der Waals surface area contributed by atoms with Crippen molar-refractivity contribution in [3.63, 3.8) is 0 Å². The monoisotopic (exact) mass is 291 g/mol. The molecule has 110 valence electrons. The average Bonchev–Trinajstić information content (AvgIpc) is 2.25. The third-order valence-electron chi connectivity index (χ3n) is 2.51. The Balaban J connectivity index is 3.70. The molecule has 5 nitrogen and oxygen atoms in total. The van der Waals surface area contributed by atoms with E-state index in [0.717, 1.165) is 0 Å². The lowest BCUT2D eigenvalue weighted by Crippen LogP contribution is -2.21. The standard InChI is InChI=1S/C12H12F3NO4/c1-5(2)3-6-7(10(17)18)4-16-9(12(13,14)15)8(6)11(19)20/h4-5H,3H2,1-2H3,(H,17,18)(H,19,20). The van der Waals surface area contributed by atoms with Crippen molar-refractivity contribution in [2.45, 2.75) is 26.4 Å². The first kappa shape index (κ1) is 15.9. The molecule has 0 bridgehead atoms. The summed E-state index contributed by atoms with van der Waals surface area (Å²) >= 11 is 0. The fourth-order valence-corrected chi connectivity index (χ4v) is 1.80. The molecule has 0 spiro atoms. The highest BCUT2D eigenvalue weighted by atomic mass is 19.4. The number of hydrogen-bond donors (Lipinski definition) is 2. The zero-order valence-corrected chi connectivity index (χ0v) is 10.7. The van der Waals surface area contributed by atoms with Gasteiger partial charge in [-0.1, -0.05) is 13.8 Å². The van der Waals surface area contributed by atoms with E-state index in [0.29, 0.717) is 6.20 Å². The predicted molar refractivity (Wildman–Crippen MR) is 61.7 cm³/mol. The van der Waals surface area contributed by atoms with Gasteiger partial charge in [0.2, 0.25) is 0 Å². The number of rotatable bonds is 4. The number of hydrogen-bond acceptors (Lipinski definition) is 3. The summed E-state index contributed by atoms with van der Waals surface area (Å²) in [5.74, 6) is -3.57. The zero-order chi connectivity index (χ0) is 15.7. The first-order valence-electron chi connectivity index (χ1n) is 5.61. The summed E-state index contributed by atoms with van der Waals surface area (Å²) in [7, 11) is 0. The average molecular weight is 291 g/mol. The molecule has 1 aromatic rings. The Morgan fingerprint density at radius 2 is 1.80 bits per heavy atom. The summed E-state index contributed by atoms with van der Waals surface area (Å²) < 4.78 is 38.4. The van der Waals surface area contributed by atoms with E-state index >= 15 is 0 Å². The topological polar surface area (TPSA) is 87.5 Å². The van der Waals surface area contributed by atoms with Crippen molar-refractivity contribution < 1.29 is 33.0 Å². The smallest absolute Gasteiger partial charge is 0.434 e. The van der Waals surface area contributed by atoms with E-state index in [1.807, 2.05) is 0 Å². The van der Waals surface area contributed by atoms with Gasteiger partial charge in [-0.05, 0) is 17.9 Å². The van der Waals surface area contributed by atoms with E-state index in [-0.39, 0.29) is 17.9 Å². The van der Waals surface area contributed by atoms with Crippen molar-refractivity contribution in [2.24, 2.45) is 5.92 Å². The lowest BCUT2D eigenvalue weighted by atomic mass is 9.93. The quantitative estimate of drug-likeness (QED) is 0.890. The summed E-state index contributed by atoms with van der Waals surface area (Å²) in [4.78, 5) is 25.1. The van der Waals surface area contributed by atoms with Gasteiger partial charge >= 0.3 is 18.1 Å². The molecule has 20 heavy (non-hydrogen) atoms. The summed E-state index contributed by atoms with van der Waals surface area (Å²) in [6.07, 6.45) is -4.51. The Kier molecular flexibility index (Phi) is 4.36. The molecule has 0 saturated heterocycles. The Hall–Kier alpha value is -2.12. The molecule has 1 aromatic heterocycles. The third-order valence-corrected chi connectivity index (χ3v) is 2.51. The fraction of sp³-hybridized carbons (Fsp3) is 0.417. The number of aromatic carboxylic acids is 2. The molecule has 0 aliphatic rings. The van der Waals surface area contributed by atoms with Crippen molar-refractivity contribution in [1.82, 2.24) is 4.98 Å². The number of carboxylic acids is 2. The van der Waals surface area contributed by atoms with Crippen molar-refractivity contribution in [3.05, 3.63) is 28.6 Å². The maximum absolute atomic E-state index is 12.8. The van der Waals surface area contributed by atoms with Gasteiger partial charge in [0, 0.05) is 6.20 Å². The number of alkyl halides is 3. The van der Waals surface area contributed by atoms with Crippen LogP contribution in [-0.2, 0) is 12.6 Å². The van der Waals surface area contributed by atoms with Gasteiger partial charge in [0.1, 0.15) is 0 Å². The molecule has 0 atom stereocenters. The molecular weight excluding hydrogens is 279 g/mol. The molecule has 0 aliphatic carbocycles. The summed E-state index contributed by atoms with van der Waals surface area (Å²) in [6.45, 7) is 3.29. The van der Waals surface area contributed by atoms with Crippen LogP contribution in [-0.4, -0.2) is 27.1 Å². The van der Waals surface area contributed by atoms with Gasteiger partial charge < -0.3 is 10.2 Å². The molecule has 1 rings (SSSR count). The highest BCUT2D eigenvalue weighted by molar-refractivity contribution is 5.97. The molecule has 0 saturated carbocycles. The minimum atomic E-state index is -4.96. The largest absolute Gasteiger partial charge is 0.478 e. The maximum Gasteiger partial charge on any atom is 0.434 e. The van der Waals surface area contributed by atoms with Crippen LogP contribution >= 0.6 is 0 Å². The van der Waals surface area contributed by atoms with Crippen LogP contribution in [0, 0.1) is 5.92 Å². The van der Waals surface area contributed by atoms with E-state index in [1.54, 1.807) is 13.8 Å². The molecule has 0 fully saturated rings. The fourth-order valence-electron chi connectivity index (χ4n) is 1.80. The molecule has 8 heteroatoms. The third kappa shape index (κ3) is 3.25. The minimum absolute atomic E-state index is 0.102. The second-order valence-corrected chi connectivity index (χ2v) is 4.58. The molecule has 0 amide bonds. The predicted octanol–water partition coefficient (Wildman–Crippen LogP) is 2.70. The lowest BCUT2D eigenvalue weighted by Gasteiger charge is -2.16. The molecule has 0 unspecified atom stereocenters. The van der Waals surface area contributed by atoms with Crippen LogP contribution in [0.3, 0.4) is 0 Å². The highest BCUT2D eigenvalue weighted by Gasteiger charge is 2.39. The van der Waals surface area contributed by atoms with E-state index in [2.05, 4.69) is 4.98 Å². The number of carbonyl (C=O) groups is 2. The number of pyridine rings is 1. The van der Waals surface area contributed by atoms with E-state index in [1.165, 1.54) is 0 Å². The van der Waals surface area contributed by atoms with Crippen LogP contribution in [0.25, 0.3) is 0 Å². The first-order valence-corrected chi connectivity index (χ1v) is 5.61. The Morgan fingerprint density at radius 1 is 1.25 bits per heavy atom. The van der Waals surface area contributed by atoms with E-state index < -0.39 is 34.9 Å². The molecule has 1 heterocycles.